The van der Waals surface area contributed by atoms with Gasteiger partial charge in [-0.25, -0.2) is 4.98 Å². The molecule has 3 rings (SSSR count). The van der Waals surface area contributed by atoms with Gasteiger partial charge in [0.25, 0.3) is 0 Å². The maximum atomic E-state index is 6.24. The molecule has 24 heavy (non-hydrogen) atoms. The Morgan fingerprint density at radius 1 is 1.25 bits per heavy atom. The average Bonchev–Trinajstić information content (AvgIpc) is 2.59. The van der Waals surface area contributed by atoms with E-state index in [-0.39, 0.29) is 0 Å². The zero-order valence-electron chi connectivity index (χ0n) is 13.9. The number of halogens is 1. The molecule has 0 radical (unpaired) electrons. The Kier molecular flexibility index (Phi) is 5.48. The van der Waals surface area contributed by atoms with Crippen LogP contribution in [0.3, 0.4) is 0 Å². The van der Waals surface area contributed by atoms with Crippen LogP contribution in [0.4, 0.5) is 17.5 Å². The topological polar surface area (TPSA) is 72.0 Å². The van der Waals surface area contributed by atoms with Gasteiger partial charge in [-0.1, -0.05) is 25.4 Å². The second kappa shape index (κ2) is 7.77. The van der Waals surface area contributed by atoms with Crippen LogP contribution in [0.2, 0.25) is 5.02 Å². The Labute approximate surface area is 147 Å². The number of anilines is 3. The third kappa shape index (κ3) is 4.33. The van der Waals surface area contributed by atoms with Crippen LogP contribution in [-0.2, 0) is 4.74 Å². The van der Waals surface area contributed by atoms with Gasteiger partial charge in [-0.05, 0) is 30.9 Å². The lowest BCUT2D eigenvalue weighted by Crippen LogP contribution is -2.28. The highest BCUT2D eigenvalue weighted by atomic mass is 35.5. The normalized spacial score (nSPS) is 15.5. The number of ether oxygens (including phenoxy) is 1. The summed E-state index contributed by atoms with van der Waals surface area (Å²) in [6, 6.07) is 4.24. The second-order valence-corrected chi connectivity index (χ2v) is 6.58. The molecule has 0 amide bonds. The standard InChI is InChI=1S/C17H22ClN5O/c1-11(2)15-9-13(3-6-19-15)21-16-14(18)10-20-17(23-16)22-12-4-7-24-8-5-12/h3,6,9-12H,4-5,7-8H2,1-2H3,(H2,19,20,21,22,23). The van der Waals surface area contributed by atoms with Crippen molar-refractivity contribution < 1.29 is 4.74 Å². The minimum Gasteiger partial charge on any atom is -0.381 e. The third-order valence-electron chi connectivity index (χ3n) is 3.93. The molecule has 0 aliphatic carbocycles. The van der Waals surface area contributed by atoms with Gasteiger partial charge in [0, 0.05) is 36.8 Å². The quantitative estimate of drug-likeness (QED) is 0.852. The first kappa shape index (κ1) is 16.9. The molecular formula is C17H22ClN5O. The largest absolute Gasteiger partial charge is 0.381 e. The van der Waals surface area contributed by atoms with Crippen molar-refractivity contribution in [1.29, 1.82) is 0 Å². The molecule has 1 saturated heterocycles. The van der Waals surface area contributed by atoms with Gasteiger partial charge >= 0.3 is 0 Å². The smallest absolute Gasteiger partial charge is 0.224 e. The summed E-state index contributed by atoms with van der Waals surface area (Å²) in [5.41, 5.74) is 1.93. The molecule has 3 heterocycles. The van der Waals surface area contributed by atoms with Crippen molar-refractivity contribution in [2.24, 2.45) is 0 Å². The summed E-state index contributed by atoms with van der Waals surface area (Å²) in [6.07, 6.45) is 5.31. The van der Waals surface area contributed by atoms with Gasteiger partial charge < -0.3 is 15.4 Å². The summed E-state index contributed by atoms with van der Waals surface area (Å²) < 4.78 is 5.37. The van der Waals surface area contributed by atoms with E-state index in [9.17, 15) is 0 Å². The third-order valence-corrected chi connectivity index (χ3v) is 4.21. The van der Waals surface area contributed by atoms with Crippen LogP contribution in [0.15, 0.2) is 24.5 Å². The van der Waals surface area contributed by atoms with E-state index in [0.29, 0.717) is 28.7 Å². The molecule has 1 fully saturated rings. The van der Waals surface area contributed by atoms with Gasteiger partial charge in [-0.15, -0.1) is 0 Å². The molecule has 6 nitrogen and oxygen atoms in total. The van der Waals surface area contributed by atoms with Crippen LogP contribution in [-0.4, -0.2) is 34.2 Å². The summed E-state index contributed by atoms with van der Waals surface area (Å²) in [4.78, 5) is 13.2. The first-order valence-electron chi connectivity index (χ1n) is 8.21. The van der Waals surface area contributed by atoms with E-state index in [1.807, 2.05) is 12.1 Å². The predicted molar refractivity (Wildman–Crippen MR) is 96.1 cm³/mol. The fourth-order valence-corrected chi connectivity index (χ4v) is 2.67. The van der Waals surface area contributed by atoms with Crippen LogP contribution in [0.5, 0.6) is 0 Å². The first-order chi connectivity index (χ1) is 11.6. The summed E-state index contributed by atoms with van der Waals surface area (Å²) in [7, 11) is 0. The van der Waals surface area contributed by atoms with E-state index < -0.39 is 0 Å². The molecular weight excluding hydrogens is 326 g/mol. The number of hydrogen-bond acceptors (Lipinski definition) is 6. The Morgan fingerprint density at radius 3 is 2.79 bits per heavy atom. The highest BCUT2D eigenvalue weighted by molar-refractivity contribution is 6.32. The van der Waals surface area contributed by atoms with Crippen molar-refractivity contribution in [3.05, 3.63) is 35.2 Å². The maximum Gasteiger partial charge on any atom is 0.224 e. The van der Waals surface area contributed by atoms with Gasteiger partial charge in [0.2, 0.25) is 5.95 Å². The molecule has 2 aromatic rings. The van der Waals surface area contributed by atoms with E-state index in [0.717, 1.165) is 37.4 Å². The minimum absolute atomic E-state index is 0.334. The number of nitrogens with one attached hydrogen (secondary N) is 2. The molecule has 0 saturated carbocycles. The monoisotopic (exact) mass is 347 g/mol. The summed E-state index contributed by atoms with van der Waals surface area (Å²) in [5.74, 6) is 1.52. The second-order valence-electron chi connectivity index (χ2n) is 6.17. The molecule has 1 aliphatic rings. The number of hydrogen-bond donors (Lipinski definition) is 2. The molecule has 1 aliphatic heterocycles. The van der Waals surface area contributed by atoms with Crippen molar-refractivity contribution >= 4 is 29.1 Å². The van der Waals surface area contributed by atoms with E-state index in [1.165, 1.54) is 0 Å². The Hall–Kier alpha value is -1.92. The first-order valence-corrected chi connectivity index (χ1v) is 8.59. The van der Waals surface area contributed by atoms with Crippen LogP contribution in [0.25, 0.3) is 0 Å². The Bertz CT molecular complexity index is 688. The number of rotatable bonds is 5. The zero-order valence-corrected chi connectivity index (χ0v) is 14.7. The van der Waals surface area contributed by atoms with E-state index in [2.05, 4.69) is 39.4 Å². The van der Waals surface area contributed by atoms with Gasteiger partial charge in [-0.2, -0.15) is 4.98 Å². The fourth-order valence-electron chi connectivity index (χ4n) is 2.53. The van der Waals surface area contributed by atoms with Crippen molar-refractivity contribution in [3.63, 3.8) is 0 Å². The summed E-state index contributed by atoms with van der Waals surface area (Å²) in [5, 5.41) is 7.09. The van der Waals surface area contributed by atoms with E-state index >= 15 is 0 Å². The molecule has 0 aromatic carbocycles. The summed E-state index contributed by atoms with van der Waals surface area (Å²) in [6.45, 7) is 5.76. The van der Waals surface area contributed by atoms with Crippen LogP contribution in [0.1, 0.15) is 38.3 Å². The molecule has 128 valence electrons. The van der Waals surface area contributed by atoms with Crippen molar-refractivity contribution in [3.8, 4) is 0 Å². The van der Waals surface area contributed by atoms with Gasteiger partial charge in [0.15, 0.2) is 5.82 Å². The number of aromatic nitrogens is 3. The highest BCUT2D eigenvalue weighted by Crippen LogP contribution is 2.25. The van der Waals surface area contributed by atoms with Crippen LogP contribution in [0, 0.1) is 0 Å². The van der Waals surface area contributed by atoms with Crippen molar-refractivity contribution in [2.75, 3.05) is 23.8 Å². The molecule has 7 heteroatoms. The van der Waals surface area contributed by atoms with Gasteiger partial charge in [0.05, 0.1) is 6.20 Å². The molecule has 0 atom stereocenters. The lowest BCUT2D eigenvalue weighted by molar-refractivity contribution is 0.0903. The average molecular weight is 348 g/mol. The number of pyridine rings is 1. The molecule has 0 bridgehead atoms. The van der Waals surface area contributed by atoms with Crippen LogP contribution < -0.4 is 10.6 Å². The molecule has 2 aromatic heterocycles. The maximum absolute atomic E-state index is 6.24. The SMILES string of the molecule is CC(C)c1cc(Nc2nc(NC3CCOCC3)ncc2Cl)ccn1. The van der Waals surface area contributed by atoms with Gasteiger partial charge in [-0.3, -0.25) is 4.98 Å². The van der Waals surface area contributed by atoms with Crippen molar-refractivity contribution in [1.82, 2.24) is 15.0 Å². The predicted octanol–water partition coefficient (Wildman–Crippen LogP) is 3.98. The van der Waals surface area contributed by atoms with E-state index in [4.69, 9.17) is 16.3 Å². The molecule has 0 spiro atoms. The lowest BCUT2D eigenvalue weighted by atomic mass is 10.1. The number of nitrogens with zero attached hydrogens (tertiary/aromatic N) is 3. The zero-order chi connectivity index (χ0) is 16.9. The molecule has 0 unspecified atom stereocenters. The van der Waals surface area contributed by atoms with Gasteiger partial charge in [0.1, 0.15) is 5.02 Å². The summed E-state index contributed by atoms with van der Waals surface area (Å²) >= 11 is 6.24. The van der Waals surface area contributed by atoms with E-state index in [1.54, 1.807) is 12.4 Å². The fraction of sp³-hybridized carbons (Fsp3) is 0.471. The molecule has 2 N–H and O–H groups in total. The van der Waals surface area contributed by atoms with Crippen LogP contribution >= 0.6 is 11.6 Å². The highest BCUT2D eigenvalue weighted by Gasteiger charge is 2.15. The lowest BCUT2D eigenvalue weighted by Gasteiger charge is -2.23. The Balaban J connectivity index is 1.75. The Morgan fingerprint density at radius 2 is 2.04 bits per heavy atom. The minimum atomic E-state index is 0.334. The van der Waals surface area contributed by atoms with Crippen molar-refractivity contribution in [2.45, 2.75) is 38.6 Å².